The molecule has 0 aromatic heterocycles. The van der Waals surface area contributed by atoms with Gasteiger partial charge in [0.25, 0.3) is 0 Å². The van der Waals surface area contributed by atoms with Crippen molar-refractivity contribution in [2.75, 3.05) is 0 Å². The first-order valence-corrected chi connectivity index (χ1v) is 14.5. The fraction of sp³-hybridized carbons (Fsp3) is 0.263. The number of hydrogen-bond acceptors (Lipinski definition) is 2. The van der Waals surface area contributed by atoms with Gasteiger partial charge in [0.1, 0.15) is 5.82 Å². The van der Waals surface area contributed by atoms with Gasteiger partial charge in [0.05, 0.1) is 0 Å². The molecule has 3 aliphatic rings. The Balaban J connectivity index is 1.63. The molecule has 0 fully saturated rings. The Morgan fingerprint density at radius 2 is 0.725 bits per heavy atom. The molecule has 0 unspecified atom stereocenters. The molecule has 7 rings (SSSR count). The maximum Gasteiger partial charge on any atom is 0.114 e. The molecule has 40 heavy (non-hydrogen) atoms. The van der Waals surface area contributed by atoms with E-state index in [0.29, 0.717) is 0 Å². The van der Waals surface area contributed by atoms with Crippen LogP contribution in [0.2, 0.25) is 0 Å². The smallest absolute Gasteiger partial charge is 0.114 e. The Kier molecular flexibility index (Phi) is 5.45. The third-order valence-electron chi connectivity index (χ3n) is 8.81. The van der Waals surface area contributed by atoms with Gasteiger partial charge in [0, 0.05) is 35.3 Å². The molecule has 0 amide bonds. The first kappa shape index (κ1) is 25.0. The van der Waals surface area contributed by atoms with E-state index in [2.05, 4.69) is 161 Å². The van der Waals surface area contributed by atoms with Crippen molar-refractivity contribution in [1.29, 1.82) is 0 Å². The molecule has 1 aliphatic heterocycles. The van der Waals surface area contributed by atoms with Crippen LogP contribution < -0.4 is 0 Å². The largest absolute Gasteiger partial charge is 0.328 e. The maximum atomic E-state index is 2.53. The van der Waals surface area contributed by atoms with Crippen LogP contribution in [0.1, 0.15) is 75.6 Å². The van der Waals surface area contributed by atoms with Crippen LogP contribution in [0.4, 0.5) is 0 Å². The summed E-state index contributed by atoms with van der Waals surface area (Å²) in [5, 5.41) is 0. The van der Waals surface area contributed by atoms with Gasteiger partial charge in [-0.05, 0) is 91.6 Å². The van der Waals surface area contributed by atoms with Gasteiger partial charge >= 0.3 is 0 Å². The maximum absolute atomic E-state index is 2.53. The van der Waals surface area contributed by atoms with Crippen LogP contribution in [0.15, 0.2) is 121 Å². The van der Waals surface area contributed by atoms with Crippen LogP contribution >= 0.6 is 0 Å². The van der Waals surface area contributed by atoms with E-state index < -0.39 is 0 Å². The van der Waals surface area contributed by atoms with Crippen molar-refractivity contribution in [3.8, 4) is 22.3 Å². The molecule has 0 bridgehead atoms. The summed E-state index contributed by atoms with van der Waals surface area (Å²) >= 11 is 0. The molecule has 0 radical (unpaired) electrons. The summed E-state index contributed by atoms with van der Waals surface area (Å²) in [6.07, 6.45) is 4.61. The summed E-state index contributed by atoms with van der Waals surface area (Å²) in [6, 6.07) is 36.3. The number of rotatable bonds is 2. The molecule has 0 spiro atoms. The highest BCUT2D eigenvalue weighted by atomic mass is 15.4. The number of fused-ring (bicyclic) bond motifs is 6. The van der Waals surface area contributed by atoms with Crippen LogP contribution in [0, 0.1) is 0 Å². The summed E-state index contributed by atoms with van der Waals surface area (Å²) in [7, 11) is 0. The summed E-state index contributed by atoms with van der Waals surface area (Å²) in [4.78, 5) is 5.06. The van der Waals surface area contributed by atoms with E-state index in [9.17, 15) is 0 Å². The summed E-state index contributed by atoms with van der Waals surface area (Å²) in [5.74, 6) is 1.59. The lowest BCUT2D eigenvalue weighted by Crippen LogP contribution is -2.44. The van der Waals surface area contributed by atoms with E-state index in [0.717, 1.165) is 0 Å². The van der Waals surface area contributed by atoms with Crippen molar-refractivity contribution in [2.24, 2.45) is 0 Å². The summed E-state index contributed by atoms with van der Waals surface area (Å²) in [5.41, 5.74) is 12.3. The second-order valence-corrected chi connectivity index (χ2v) is 13.4. The molecule has 4 aromatic rings. The normalized spacial score (nSPS) is 16.3. The van der Waals surface area contributed by atoms with Gasteiger partial charge in [0.15, 0.2) is 0 Å². The SMILES string of the molecule is CC(C)(C)N1C=CN(C(C)(C)C)C1=C(C1c2ccccc2-c2ccccc21)C1c2ccccc2-c2ccccc21. The van der Waals surface area contributed by atoms with Crippen LogP contribution in [-0.2, 0) is 0 Å². The molecular weight excluding hydrogens is 484 g/mol. The monoisotopic (exact) mass is 522 g/mol. The molecule has 0 atom stereocenters. The zero-order valence-corrected chi connectivity index (χ0v) is 24.4. The fourth-order valence-corrected chi connectivity index (χ4v) is 7.16. The Morgan fingerprint density at radius 1 is 0.450 bits per heavy atom. The van der Waals surface area contributed by atoms with Crippen molar-refractivity contribution in [3.63, 3.8) is 0 Å². The Bertz CT molecular complexity index is 1480. The lowest BCUT2D eigenvalue weighted by atomic mass is 9.76. The van der Waals surface area contributed by atoms with E-state index in [1.165, 1.54) is 55.9 Å². The molecular formula is C38H38N2. The van der Waals surface area contributed by atoms with Gasteiger partial charge in [-0.25, -0.2) is 0 Å². The number of benzene rings is 4. The topological polar surface area (TPSA) is 6.48 Å². The zero-order valence-electron chi connectivity index (χ0n) is 24.4. The Labute approximate surface area is 239 Å². The van der Waals surface area contributed by atoms with E-state index in [1.807, 2.05) is 0 Å². The third-order valence-corrected chi connectivity index (χ3v) is 8.81. The van der Waals surface area contributed by atoms with Crippen LogP contribution in [-0.4, -0.2) is 20.9 Å². The van der Waals surface area contributed by atoms with Crippen molar-refractivity contribution in [1.82, 2.24) is 9.80 Å². The molecule has 4 aromatic carbocycles. The van der Waals surface area contributed by atoms with Gasteiger partial charge in [0.2, 0.25) is 0 Å². The van der Waals surface area contributed by atoms with Gasteiger partial charge in [-0.15, -0.1) is 0 Å². The van der Waals surface area contributed by atoms with E-state index in [-0.39, 0.29) is 22.9 Å². The average molecular weight is 523 g/mol. The van der Waals surface area contributed by atoms with E-state index >= 15 is 0 Å². The minimum Gasteiger partial charge on any atom is -0.328 e. The predicted octanol–water partition coefficient (Wildman–Crippen LogP) is 9.51. The van der Waals surface area contributed by atoms with E-state index in [1.54, 1.807) is 0 Å². The molecule has 2 heteroatoms. The number of nitrogens with zero attached hydrogens (tertiary/aromatic N) is 2. The van der Waals surface area contributed by atoms with Gasteiger partial charge in [-0.1, -0.05) is 97.1 Å². The Hall–Kier alpha value is -4.04. The second-order valence-electron chi connectivity index (χ2n) is 13.4. The molecule has 1 heterocycles. The van der Waals surface area contributed by atoms with Gasteiger partial charge in [-0.3, -0.25) is 0 Å². The first-order chi connectivity index (χ1) is 19.2. The fourth-order valence-electron chi connectivity index (χ4n) is 7.16. The highest BCUT2D eigenvalue weighted by Gasteiger charge is 2.45. The summed E-state index contributed by atoms with van der Waals surface area (Å²) in [6.45, 7) is 14.0. The highest BCUT2D eigenvalue weighted by Crippen LogP contribution is 2.58. The van der Waals surface area contributed by atoms with Crippen LogP contribution in [0.3, 0.4) is 0 Å². The lowest BCUT2D eigenvalue weighted by Gasteiger charge is -2.44. The molecule has 2 nitrogen and oxygen atoms in total. The van der Waals surface area contributed by atoms with E-state index in [4.69, 9.17) is 0 Å². The van der Waals surface area contributed by atoms with Crippen LogP contribution in [0.25, 0.3) is 22.3 Å². The standard InChI is InChI=1S/C38H38N2/c1-37(2,3)39-23-24-40(38(4,5)6)36(39)35(33-29-19-11-7-15-25(29)26-16-8-12-20-30(26)33)34-31-21-13-9-17-27(31)28-18-10-14-22-32(28)34/h7-24,33-34H,1-6H3. The molecule has 200 valence electrons. The van der Waals surface area contributed by atoms with Crippen molar-refractivity contribution < 1.29 is 0 Å². The predicted molar refractivity (Wildman–Crippen MR) is 167 cm³/mol. The van der Waals surface area contributed by atoms with Crippen LogP contribution in [0.5, 0.6) is 0 Å². The number of allylic oxidation sites excluding steroid dienone is 1. The second kappa shape index (κ2) is 8.73. The quantitative estimate of drug-likeness (QED) is 0.259. The van der Waals surface area contributed by atoms with Crippen molar-refractivity contribution >= 4 is 0 Å². The molecule has 2 aliphatic carbocycles. The Morgan fingerprint density at radius 3 is 1.00 bits per heavy atom. The van der Waals surface area contributed by atoms with Crippen molar-refractivity contribution in [2.45, 2.75) is 64.5 Å². The lowest BCUT2D eigenvalue weighted by molar-refractivity contribution is 0.170. The summed E-state index contributed by atoms with van der Waals surface area (Å²) < 4.78 is 0. The van der Waals surface area contributed by atoms with Crippen molar-refractivity contribution in [3.05, 3.63) is 143 Å². The van der Waals surface area contributed by atoms with Gasteiger partial charge in [-0.2, -0.15) is 0 Å². The van der Waals surface area contributed by atoms with Gasteiger partial charge < -0.3 is 9.80 Å². The molecule has 0 saturated heterocycles. The minimum absolute atomic E-state index is 0.0909. The average Bonchev–Trinajstić information content (AvgIpc) is 3.62. The number of hydrogen-bond donors (Lipinski definition) is 0. The highest BCUT2D eigenvalue weighted by molar-refractivity contribution is 5.85. The zero-order chi connectivity index (χ0) is 27.8. The first-order valence-electron chi connectivity index (χ1n) is 14.5. The minimum atomic E-state index is -0.0909. The molecule has 0 N–H and O–H groups in total. The molecule has 0 saturated carbocycles. The third kappa shape index (κ3) is 3.62.